The van der Waals surface area contributed by atoms with Crippen LogP contribution in [0, 0.1) is 11.3 Å². The Labute approximate surface area is 219 Å². The largest absolute Gasteiger partial charge is 0.321 e. The maximum absolute atomic E-state index is 13.5. The van der Waals surface area contributed by atoms with E-state index in [2.05, 4.69) is 21.2 Å². The average Bonchev–Trinajstić information content (AvgIpc) is 3.13. The van der Waals surface area contributed by atoms with E-state index in [0.29, 0.717) is 27.8 Å². The van der Waals surface area contributed by atoms with Crippen molar-refractivity contribution in [3.05, 3.63) is 103 Å². The summed E-state index contributed by atoms with van der Waals surface area (Å²) in [6, 6.07) is 23.0. The topological polar surface area (TPSA) is 73.2 Å². The van der Waals surface area contributed by atoms with Gasteiger partial charge in [0.2, 0.25) is 5.91 Å². The molecule has 1 unspecified atom stereocenters. The molecule has 5 nitrogen and oxygen atoms in total. The van der Waals surface area contributed by atoms with E-state index in [4.69, 9.17) is 23.2 Å². The molecule has 1 fully saturated rings. The van der Waals surface area contributed by atoms with Crippen LogP contribution < -0.4 is 10.2 Å². The number of carbonyl (C=O) groups is 2. The molecule has 3 aromatic carbocycles. The summed E-state index contributed by atoms with van der Waals surface area (Å²) >= 11 is 16.8. The average molecular weight is 573 g/mol. The number of nitrogens with zero attached hydrogens (tertiary/aromatic N) is 2. The third-order valence-electron chi connectivity index (χ3n) is 5.06. The predicted molar refractivity (Wildman–Crippen MR) is 141 cm³/mol. The fourth-order valence-corrected chi connectivity index (χ4v) is 5.30. The van der Waals surface area contributed by atoms with Crippen LogP contribution in [0.1, 0.15) is 5.56 Å². The van der Waals surface area contributed by atoms with Crippen molar-refractivity contribution in [2.45, 2.75) is 11.7 Å². The highest BCUT2D eigenvalue weighted by Crippen LogP contribution is 2.42. The summed E-state index contributed by atoms with van der Waals surface area (Å²) in [5.74, 6) is -0.838. The number of anilines is 2. The Hall–Kier alpha value is -2.76. The molecule has 1 saturated heterocycles. The van der Waals surface area contributed by atoms with Gasteiger partial charge in [-0.2, -0.15) is 5.26 Å². The number of nitriles is 1. The number of nitrogens with one attached hydrogen (secondary N) is 1. The van der Waals surface area contributed by atoms with Crippen LogP contribution in [0.15, 0.2) is 87.9 Å². The van der Waals surface area contributed by atoms with Gasteiger partial charge in [0.1, 0.15) is 16.7 Å². The summed E-state index contributed by atoms with van der Waals surface area (Å²) in [6.45, 7) is 0. The lowest BCUT2D eigenvalue weighted by Crippen LogP contribution is -2.31. The highest BCUT2D eigenvalue weighted by Gasteiger charge is 2.41. The molecule has 1 heterocycles. The number of hydrogen-bond donors (Lipinski definition) is 1. The van der Waals surface area contributed by atoms with Crippen LogP contribution in [0.4, 0.5) is 11.4 Å². The van der Waals surface area contributed by atoms with E-state index in [1.54, 1.807) is 54.6 Å². The number of rotatable bonds is 5. The molecule has 1 aliphatic heterocycles. The molecule has 4 rings (SSSR count). The fraction of sp³-hybridized carbons (Fsp3) is 0.0800. The van der Waals surface area contributed by atoms with Crippen molar-refractivity contribution in [3.8, 4) is 6.07 Å². The van der Waals surface area contributed by atoms with Crippen molar-refractivity contribution in [2.24, 2.45) is 0 Å². The first kappa shape index (κ1) is 24.4. The summed E-state index contributed by atoms with van der Waals surface area (Å²) in [7, 11) is 0. The van der Waals surface area contributed by atoms with Gasteiger partial charge in [-0.05, 0) is 66.6 Å². The van der Waals surface area contributed by atoms with Crippen molar-refractivity contribution < 1.29 is 9.59 Å². The quantitative estimate of drug-likeness (QED) is 0.269. The molecule has 170 valence electrons. The second-order valence-corrected chi connectivity index (χ2v) is 10.3. The Morgan fingerprint density at radius 3 is 2.38 bits per heavy atom. The Kier molecular flexibility index (Phi) is 7.64. The zero-order valence-electron chi connectivity index (χ0n) is 17.5. The van der Waals surface area contributed by atoms with Crippen molar-refractivity contribution >= 4 is 74.1 Å². The van der Waals surface area contributed by atoms with Gasteiger partial charge in [0.15, 0.2) is 0 Å². The van der Waals surface area contributed by atoms with Crippen LogP contribution in [-0.4, -0.2) is 17.1 Å². The molecule has 1 N–H and O–H groups in total. The molecular weight excluding hydrogens is 557 g/mol. The summed E-state index contributed by atoms with van der Waals surface area (Å²) < 4.78 is 0.842. The number of thioether (sulfide) groups is 1. The van der Waals surface area contributed by atoms with Gasteiger partial charge in [0.05, 0.1) is 5.25 Å². The van der Waals surface area contributed by atoms with Crippen molar-refractivity contribution in [3.63, 3.8) is 0 Å². The van der Waals surface area contributed by atoms with E-state index in [1.165, 1.54) is 16.7 Å². The third kappa shape index (κ3) is 5.31. The third-order valence-corrected chi connectivity index (χ3v) is 7.47. The Morgan fingerprint density at radius 2 is 1.74 bits per heavy atom. The van der Waals surface area contributed by atoms with Crippen LogP contribution in [-0.2, 0) is 16.0 Å². The molecule has 2 amide bonds. The molecule has 0 saturated carbocycles. The minimum absolute atomic E-state index is 0.155. The van der Waals surface area contributed by atoms with Gasteiger partial charge < -0.3 is 5.32 Å². The zero-order valence-corrected chi connectivity index (χ0v) is 21.4. The van der Waals surface area contributed by atoms with Gasteiger partial charge in [-0.15, -0.1) is 0 Å². The Bertz CT molecular complexity index is 1320. The van der Waals surface area contributed by atoms with Gasteiger partial charge in [-0.1, -0.05) is 69.1 Å². The molecule has 1 atom stereocenters. The van der Waals surface area contributed by atoms with Crippen molar-refractivity contribution in [2.75, 3.05) is 10.2 Å². The molecular formula is C25H16BrCl2N3O2S. The van der Waals surface area contributed by atoms with Crippen LogP contribution >= 0.6 is 50.9 Å². The highest BCUT2D eigenvalue weighted by molar-refractivity contribution is 9.10. The molecule has 34 heavy (non-hydrogen) atoms. The molecule has 0 aromatic heterocycles. The maximum Gasteiger partial charge on any atom is 0.269 e. The van der Waals surface area contributed by atoms with Gasteiger partial charge in [0.25, 0.3) is 5.91 Å². The molecule has 0 spiro atoms. The first-order chi connectivity index (χ1) is 16.4. The molecule has 9 heteroatoms. The standard InChI is InChI=1S/C25H16BrCl2N3O2S/c26-16-5-11-19(12-6-16)31-24(33)22(13-15-3-1-2-4-21(15)28)34-25(31)20(14-29)23(32)30-18-9-7-17(27)8-10-18/h1-12,22H,13H2,(H,30,32)/b25-20-. The Morgan fingerprint density at radius 1 is 1.06 bits per heavy atom. The molecule has 1 aliphatic rings. The number of hydrogen-bond acceptors (Lipinski definition) is 4. The monoisotopic (exact) mass is 571 g/mol. The first-order valence-corrected chi connectivity index (χ1v) is 12.5. The summed E-state index contributed by atoms with van der Waals surface area (Å²) in [5, 5.41) is 13.4. The number of carbonyl (C=O) groups excluding carboxylic acids is 2. The van der Waals surface area contributed by atoms with Gasteiger partial charge >= 0.3 is 0 Å². The van der Waals surface area contributed by atoms with E-state index in [9.17, 15) is 14.9 Å². The number of halogens is 3. The van der Waals surface area contributed by atoms with E-state index >= 15 is 0 Å². The smallest absolute Gasteiger partial charge is 0.269 e. The van der Waals surface area contributed by atoms with Gasteiger partial charge in [0, 0.05) is 25.9 Å². The summed E-state index contributed by atoms with van der Waals surface area (Å²) in [6.07, 6.45) is 0.358. The minimum atomic E-state index is -0.611. The molecule has 0 bridgehead atoms. The van der Waals surface area contributed by atoms with E-state index in [0.717, 1.165) is 10.0 Å². The second-order valence-electron chi connectivity index (χ2n) is 7.31. The lowest BCUT2D eigenvalue weighted by atomic mass is 10.1. The van der Waals surface area contributed by atoms with Gasteiger partial charge in [-0.25, -0.2) is 0 Å². The summed E-state index contributed by atoms with van der Waals surface area (Å²) in [4.78, 5) is 28.0. The number of amides is 2. The van der Waals surface area contributed by atoms with Crippen LogP contribution in [0.25, 0.3) is 0 Å². The maximum atomic E-state index is 13.5. The van der Waals surface area contributed by atoms with Gasteiger partial charge in [-0.3, -0.25) is 14.5 Å². The van der Waals surface area contributed by atoms with E-state index in [-0.39, 0.29) is 16.5 Å². The summed E-state index contributed by atoms with van der Waals surface area (Å²) in [5.41, 5.74) is 1.71. The van der Waals surface area contributed by atoms with Crippen LogP contribution in [0.2, 0.25) is 10.0 Å². The molecule has 0 radical (unpaired) electrons. The molecule has 0 aliphatic carbocycles. The van der Waals surface area contributed by atoms with Crippen LogP contribution in [0.3, 0.4) is 0 Å². The van der Waals surface area contributed by atoms with E-state index in [1.807, 2.05) is 24.3 Å². The lowest BCUT2D eigenvalue weighted by Gasteiger charge is -2.19. The Balaban J connectivity index is 1.73. The highest BCUT2D eigenvalue weighted by atomic mass is 79.9. The zero-order chi connectivity index (χ0) is 24.2. The SMILES string of the molecule is N#C/C(C(=O)Nc1ccc(Cl)cc1)=C1/SC(Cc2ccccc2Cl)C(=O)N1c1ccc(Br)cc1. The minimum Gasteiger partial charge on any atom is -0.321 e. The molecule has 3 aromatic rings. The first-order valence-electron chi connectivity index (χ1n) is 10.1. The second kappa shape index (κ2) is 10.7. The predicted octanol–water partition coefficient (Wildman–Crippen LogP) is 6.82. The van der Waals surface area contributed by atoms with Crippen molar-refractivity contribution in [1.82, 2.24) is 0 Å². The fourth-order valence-electron chi connectivity index (χ4n) is 3.40. The number of benzene rings is 3. The van der Waals surface area contributed by atoms with E-state index < -0.39 is 11.2 Å². The van der Waals surface area contributed by atoms with Crippen molar-refractivity contribution in [1.29, 1.82) is 5.26 Å². The van der Waals surface area contributed by atoms with Crippen LogP contribution in [0.5, 0.6) is 0 Å². The lowest BCUT2D eigenvalue weighted by molar-refractivity contribution is -0.117. The normalized spacial score (nSPS) is 16.8.